The lowest BCUT2D eigenvalue weighted by atomic mass is 10.2. The maximum absolute atomic E-state index is 12.0. The third kappa shape index (κ3) is 3.25. The molecule has 1 fully saturated rings. The Morgan fingerprint density at radius 1 is 1.59 bits per heavy atom. The molecule has 1 saturated carbocycles. The van der Waals surface area contributed by atoms with Crippen molar-refractivity contribution in [1.82, 2.24) is 14.9 Å². The molecule has 1 aromatic heterocycles. The minimum absolute atomic E-state index is 0.0864. The van der Waals surface area contributed by atoms with Crippen LogP contribution >= 0.6 is 11.8 Å². The molecule has 5 heteroatoms. The topological polar surface area (TPSA) is 46.9 Å². The van der Waals surface area contributed by atoms with Gasteiger partial charge in [0.2, 0.25) is 5.91 Å². The highest BCUT2D eigenvalue weighted by molar-refractivity contribution is 8.00. The Balaban J connectivity index is 1.84. The normalized spacial score (nSPS) is 18.2. The van der Waals surface area contributed by atoms with Gasteiger partial charge in [-0.15, -0.1) is 0 Å². The van der Waals surface area contributed by atoms with Crippen molar-refractivity contribution in [1.29, 1.82) is 0 Å². The number of imidazole rings is 1. The summed E-state index contributed by atoms with van der Waals surface area (Å²) in [6.07, 6.45) is 8.39. The van der Waals surface area contributed by atoms with Crippen LogP contribution < -0.4 is 5.32 Å². The predicted octanol–water partition coefficient (Wildman–Crippen LogP) is 1.96. The number of aryl methyl sites for hydroxylation is 1. The third-order valence-corrected chi connectivity index (χ3v) is 4.30. The second kappa shape index (κ2) is 5.58. The van der Waals surface area contributed by atoms with Gasteiger partial charge in [0, 0.05) is 25.5 Å². The lowest BCUT2D eigenvalue weighted by Gasteiger charge is -2.15. The zero-order valence-corrected chi connectivity index (χ0v) is 11.2. The van der Waals surface area contributed by atoms with Crippen molar-refractivity contribution in [2.75, 3.05) is 0 Å². The van der Waals surface area contributed by atoms with Gasteiger partial charge in [0.25, 0.3) is 0 Å². The van der Waals surface area contributed by atoms with Crippen LogP contribution in [-0.4, -0.2) is 26.8 Å². The van der Waals surface area contributed by atoms with E-state index in [2.05, 4.69) is 10.3 Å². The van der Waals surface area contributed by atoms with Crippen molar-refractivity contribution in [2.45, 2.75) is 49.1 Å². The highest BCUT2D eigenvalue weighted by atomic mass is 32.2. The van der Waals surface area contributed by atoms with E-state index in [1.807, 2.05) is 24.7 Å². The van der Waals surface area contributed by atoms with Gasteiger partial charge in [-0.1, -0.05) is 24.6 Å². The smallest absolute Gasteiger partial charge is 0.233 e. The molecule has 2 rings (SSSR count). The standard InChI is InChI=1S/C12H19N3OS/c1-9(17-12-13-7-8-15(12)2)11(16)14-10-5-3-4-6-10/h7-10H,3-6H2,1-2H3,(H,14,16)/t9-/m0/s1. The number of nitrogens with one attached hydrogen (secondary N) is 1. The number of nitrogens with zero attached hydrogens (tertiary/aromatic N) is 2. The van der Waals surface area contributed by atoms with Crippen LogP contribution in [0.1, 0.15) is 32.6 Å². The fourth-order valence-corrected chi connectivity index (χ4v) is 2.91. The van der Waals surface area contributed by atoms with Crippen molar-refractivity contribution >= 4 is 17.7 Å². The van der Waals surface area contributed by atoms with Crippen LogP contribution in [0, 0.1) is 0 Å². The first-order chi connectivity index (χ1) is 8.16. The first-order valence-corrected chi connectivity index (χ1v) is 6.99. The highest BCUT2D eigenvalue weighted by Gasteiger charge is 2.22. The van der Waals surface area contributed by atoms with E-state index < -0.39 is 0 Å². The van der Waals surface area contributed by atoms with Crippen molar-refractivity contribution in [2.24, 2.45) is 7.05 Å². The minimum atomic E-state index is -0.0864. The van der Waals surface area contributed by atoms with E-state index in [-0.39, 0.29) is 11.2 Å². The van der Waals surface area contributed by atoms with Crippen LogP contribution in [0.5, 0.6) is 0 Å². The number of hydrogen-bond donors (Lipinski definition) is 1. The number of carbonyl (C=O) groups is 1. The molecule has 17 heavy (non-hydrogen) atoms. The Morgan fingerprint density at radius 3 is 2.88 bits per heavy atom. The Morgan fingerprint density at radius 2 is 2.29 bits per heavy atom. The fraction of sp³-hybridized carbons (Fsp3) is 0.667. The third-order valence-electron chi connectivity index (χ3n) is 3.13. The number of rotatable bonds is 4. The SMILES string of the molecule is C[C@H](Sc1nccn1C)C(=O)NC1CCCC1. The maximum atomic E-state index is 12.0. The fourth-order valence-electron chi connectivity index (χ4n) is 2.07. The summed E-state index contributed by atoms with van der Waals surface area (Å²) < 4.78 is 1.93. The summed E-state index contributed by atoms with van der Waals surface area (Å²) in [5.41, 5.74) is 0. The molecule has 0 radical (unpaired) electrons. The molecule has 1 N–H and O–H groups in total. The highest BCUT2D eigenvalue weighted by Crippen LogP contribution is 2.22. The molecule has 1 aliphatic carbocycles. The van der Waals surface area contributed by atoms with E-state index in [0.29, 0.717) is 6.04 Å². The van der Waals surface area contributed by atoms with Crippen molar-refractivity contribution in [3.8, 4) is 0 Å². The van der Waals surface area contributed by atoms with Gasteiger partial charge in [-0.2, -0.15) is 0 Å². The Labute approximate surface area is 106 Å². The molecule has 94 valence electrons. The number of aromatic nitrogens is 2. The summed E-state index contributed by atoms with van der Waals surface area (Å²) >= 11 is 1.51. The van der Waals surface area contributed by atoms with E-state index in [1.165, 1.54) is 24.6 Å². The summed E-state index contributed by atoms with van der Waals surface area (Å²) in [5.74, 6) is 0.130. The van der Waals surface area contributed by atoms with Gasteiger partial charge in [-0.05, 0) is 19.8 Å². The zero-order chi connectivity index (χ0) is 12.3. The largest absolute Gasteiger partial charge is 0.352 e. The van der Waals surface area contributed by atoms with Crippen LogP contribution in [0.2, 0.25) is 0 Å². The molecule has 1 atom stereocenters. The van der Waals surface area contributed by atoms with Gasteiger partial charge in [-0.3, -0.25) is 4.79 Å². The molecule has 1 heterocycles. The Kier molecular flexibility index (Phi) is 4.10. The molecule has 1 amide bonds. The molecule has 0 bridgehead atoms. The minimum Gasteiger partial charge on any atom is -0.352 e. The number of hydrogen-bond acceptors (Lipinski definition) is 3. The Hall–Kier alpha value is -0.970. The average molecular weight is 253 g/mol. The van der Waals surface area contributed by atoms with Gasteiger partial charge < -0.3 is 9.88 Å². The van der Waals surface area contributed by atoms with E-state index in [4.69, 9.17) is 0 Å². The first-order valence-electron chi connectivity index (χ1n) is 6.11. The predicted molar refractivity (Wildman–Crippen MR) is 68.9 cm³/mol. The second-order valence-corrected chi connectivity index (χ2v) is 5.88. The number of carbonyl (C=O) groups excluding carboxylic acids is 1. The lowest BCUT2D eigenvalue weighted by Crippen LogP contribution is -2.37. The molecule has 0 unspecified atom stereocenters. The van der Waals surface area contributed by atoms with Crippen LogP contribution in [0.15, 0.2) is 17.6 Å². The molecule has 1 aliphatic rings. The van der Waals surface area contributed by atoms with Gasteiger partial charge in [0.15, 0.2) is 5.16 Å². The van der Waals surface area contributed by atoms with E-state index in [0.717, 1.165) is 18.0 Å². The summed E-state index contributed by atoms with van der Waals surface area (Å²) in [6, 6.07) is 0.395. The average Bonchev–Trinajstić information content (AvgIpc) is 2.91. The molecular weight excluding hydrogens is 234 g/mol. The van der Waals surface area contributed by atoms with Crippen molar-refractivity contribution in [3.05, 3.63) is 12.4 Å². The van der Waals surface area contributed by atoms with Gasteiger partial charge in [0.1, 0.15) is 0 Å². The van der Waals surface area contributed by atoms with E-state index in [9.17, 15) is 4.79 Å². The molecule has 1 aromatic rings. The van der Waals surface area contributed by atoms with Crippen LogP contribution in [0.25, 0.3) is 0 Å². The number of thioether (sulfide) groups is 1. The lowest BCUT2D eigenvalue weighted by molar-refractivity contribution is -0.120. The Bertz CT molecular complexity index is 385. The second-order valence-electron chi connectivity index (χ2n) is 4.57. The molecular formula is C12H19N3OS. The summed E-state index contributed by atoms with van der Waals surface area (Å²) in [5, 5.41) is 3.92. The van der Waals surface area contributed by atoms with Gasteiger partial charge >= 0.3 is 0 Å². The maximum Gasteiger partial charge on any atom is 0.233 e. The quantitative estimate of drug-likeness (QED) is 0.834. The monoisotopic (exact) mass is 253 g/mol. The van der Waals surface area contributed by atoms with Crippen LogP contribution in [0.4, 0.5) is 0 Å². The molecule has 4 nitrogen and oxygen atoms in total. The summed E-state index contributed by atoms with van der Waals surface area (Å²) in [7, 11) is 1.94. The first kappa shape index (κ1) is 12.5. The summed E-state index contributed by atoms with van der Waals surface area (Å²) in [6.45, 7) is 1.93. The summed E-state index contributed by atoms with van der Waals surface area (Å²) in [4.78, 5) is 16.2. The number of amides is 1. The van der Waals surface area contributed by atoms with Crippen LogP contribution in [-0.2, 0) is 11.8 Å². The van der Waals surface area contributed by atoms with Gasteiger partial charge in [-0.25, -0.2) is 4.98 Å². The van der Waals surface area contributed by atoms with E-state index >= 15 is 0 Å². The molecule has 0 saturated heterocycles. The van der Waals surface area contributed by atoms with E-state index in [1.54, 1.807) is 6.20 Å². The molecule has 0 aromatic carbocycles. The van der Waals surface area contributed by atoms with Crippen LogP contribution in [0.3, 0.4) is 0 Å². The van der Waals surface area contributed by atoms with Gasteiger partial charge in [0.05, 0.1) is 5.25 Å². The van der Waals surface area contributed by atoms with Crippen molar-refractivity contribution in [3.63, 3.8) is 0 Å². The van der Waals surface area contributed by atoms with Crippen molar-refractivity contribution < 1.29 is 4.79 Å². The zero-order valence-electron chi connectivity index (χ0n) is 10.3. The molecule has 0 aliphatic heterocycles. The molecule has 0 spiro atoms.